The van der Waals surface area contributed by atoms with Crippen molar-refractivity contribution in [3.63, 3.8) is 0 Å². The number of carbonyl (C=O) groups excluding carboxylic acids is 2. The molecule has 3 rings (SSSR count). The second-order valence-corrected chi connectivity index (χ2v) is 11.1. The molecule has 1 saturated heterocycles. The van der Waals surface area contributed by atoms with Gasteiger partial charge in [-0.3, -0.25) is 0 Å². The summed E-state index contributed by atoms with van der Waals surface area (Å²) in [6.07, 6.45) is 8.07. The molecule has 1 heterocycles. The van der Waals surface area contributed by atoms with Crippen LogP contribution in [0.1, 0.15) is 125 Å². The number of hydrogen-bond donors (Lipinski definition) is 1. The summed E-state index contributed by atoms with van der Waals surface area (Å²) in [4.78, 5) is 26.0. The van der Waals surface area contributed by atoms with Crippen LogP contribution in [0, 0.1) is 5.92 Å². The summed E-state index contributed by atoms with van der Waals surface area (Å²) in [6, 6.07) is 4.22. The number of aliphatic hydroxyl groups is 1. The zero-order chi connectivity index (χ0) is 25.0. The molecule has 0 radical (unpaired) electrons. The van der Waals surface area contributed by atoms with Gasteiger partial charge in [0.1, 0.15) is 6.61 Å². The maximum absolute atomic E-state index is 13.4. The average Bonchev–Trinajstić information content (AvgIpc) is 3.12. The van der Waals surface area contributed by atoms with E-state index < -0.39 is 17.5 Å². The topological polar surface area (TPSA) is 72.8 Å². The van der Waals surface area contributed by atoms with Gasteiger partial charge in [-0.1, -0.05) is 79.0 Å². The van der Waals surface area contributed by atoms with Crippen LogP contribution >= 0.6 is 0 Å². The van der Waals surface area contributed by atoms with Crippen LogP contribution < -0.4 is 0 Å². The lowest BCUT2D eigenvalue weighted by atomic mass is 9.84. The van der Waals surface area contributed by atoms with Gasteiger partial charge in [-0.2, -0.15) is 0 Å². The first kappa shape index (κ1) is 26.5. The Morgan fingerprint density at radius 1 is 1.06 bits per heavy atom. The van der Waals surface area contributed by atoms with E-state index in [4.69, 9.17) is 9.47 Å². The van der Waals surface area contributed by atoms with Crippen molar-refractivity contribution in [3.8, 4) is 0 Å². The molecule has 0 amide bonds. The maximum Gasteiger partial charge on any atom is 0.338 e. The second kappa shape index (κ2) is 11.1. The van der Waals surface area contributed by atoms with Gasteiger partial charge < -0.3 is 14.6 Å². The van der Waals surface area contributed by atoms with Crippen molar-refractivity contribution >= 4 is 11.9 Å². The summed E-state index contributed by atoms with van der Waals surface area (Å²) in [6.45, 7) is 12.1. The molecular weight excluding hydrogens is 428 g/mol. The molecule has 0 bridgehead atoms. The fourth-order valence-electron chi connectivity index (χ4n) is 5.10. The zero-order valence-corrected chi connectivity index (χ0v) is 21.8. The molecule has 5 nitrogen and oxygen atoms in total. The molecule has 1 aromatic carbocycles. The van der Waals surface area contributed by atoms with Crippen molar-refractivity contribution in [1.29, 1.82) is 0 Å². The lowest BCUT2D eigenvalue weighted by molar-refractivity contribution is -0.154. The number of benzene rings is 1. The molecule has 0 spiro atoms. The number of allylic oxidation sites excluding steroid dienone is 1. The first-order chi connectivity index (χ1) is 16.1. The Labute approximate surface area is 204 Å². The molecule has 1 atom stereocenters. The summed E-state index contributed by atoms with van der Waals surface area (Å²) in [5.41, 5.74) is 3.14. The number of esters is 2. The van der Waals surface area contributed by atoms with Gasteiger partial charge in [-0.05, 0) is 53.2 Å². The highest BCUT2D eigenvalue weighted by molar-refractivity contribution is 5.94. The highest BCUT2D eigenvalue weighted by atomic mass is 16.6. The van der Waals surface area contributed by atoms with E-state index in [-0.39, 0.29) is 31.5 Å². The molecule has 1 N–H and O–H groups in total. The largest absolute Gasteiger partial charge is 0.458 e. The molecule has 2 fully saturated rings. The molecule has 5 heteroatoms. The van der Waals surface area contributed by atoms with Crippen molar-refractivity contribution in [2.75, 3.05) is 13.2 Å². The monoisotopic (exact) mass is 470 g/mol. The minimum atomic E-state index is -1.21. The van der Waals surface area contributed by atoms with E-state index >= 15 is 0 Å². The van der Waals surface area contributed by atoms with Crippen LogP contribution in [0.15, 0.2) is 23.8 Å². The lowest BCUT2D eigenvalue weighted by Crippen LogP contribution is -2.39. The van der Waals surface area contributed by atoms with Crippen LogP contribution in [0.2, 0.25) is 0 Å². The fraction of sp³-hybridized carbons (Fsp3) is 0.655. The first-order valence-corrected chi connectivity index (χ1v) is 13.0. The van der Waals surface area contributed by atoms with E-state index in [0.717, 1.165) is 24.0 Å². The maximum atomic E-state index is 13.4. The van der Waals surface area contributed by atoms with Gasteiger partial charge in [-0.25, -0.2) is 9.59 Å². The Morgan fingerprint density at radius 2 is 1.65 bits per heavy atom. The predicted octanol–water partition coefficient (Wildman–Crippen LogP) is 6.40. The van der Waals surface area contributed by atoms with Crippen molar-refractivity contribution < 1.29 is 24.2 Å². The van der Waals surface area contributed by atoms with Crippen molar-refractivity contribution in [1.82, 2.24) is 0 Å². The number of carbonyl (C=O) groups is 2. The number of aliphatic hydroxyl groups excluding tert-OH is 1. The smallest absolute Gasteiger partial charge is 0.338 e. The van der Waals surface area contributed by atoms with Gasteiger partial charge in [0.15, 0.2) is 5.60 Å². The van der Waals surface area contributed by atoms with Crippen LogP contribution in [0.5, 0.6) is 0 Å². The van der Waals surface area contributed by atoms with Gasteiger partial charge in [0, 0.05) is 12.0 Å². The minimum Gasteiger partial charge on any atom is -0.458 e. The van der Waals surface area contributed by atoms with Crippen LogP contribution in [0.25, 0.3) is 0 Å². The van der Waals surface area contributed by atoms with Crippen LogP contribution in [-0.4, -0.2) is 35.9 Å². The molecule has 1 unspecified atom stereocenters. The van der Waals surface area contributed by atoms with E-state index in [1.165, 1.54) is 24.8 Å². The van der Waals surface area contributed by atoms with Gasteiger partial charge in [-0.15, -0.1) is 0 Å². The van der Waals surface area contributed by atoms with Crippen molar-refractivity contribution in [3.05, 3.63) is 46.0 Å². The number of rotatable bonds is 8. The SMILES string of the molecule is CC(C)c1cc(C(C)C)c(C(=O)OCC2(CO)C/C(=C\C3CCCCC3)C(=O)O2)c(C(C)C)c1. The highest BCUT2D eigenvalue weighted by Gasteiger charge is 2.45. The number of hydrogen-bond acceptors (Lipinski definition) is 5. The van der Waals surface area contributed by atoms with Gasteiger partial charge in [0.2, 0.25) is 0 Å². The molecule has 1 aliphatic carbocycles. The van der Waals surface area contributed by atoms with Gasteiger partial charge in [0.05, 0.1) is 12.2 Å². The summed E-state index contributed by atoms with van der Waals surface area (Å²) >= 11 is 0. The Morgan fingerprint density at radius 3 is 2.15 bits per heavy atom. The normalized spacial score (nSPS) is 22.8. The van der Waals surface area contributed by atoms with Crippen LogP contribution in [0.4, 0.5) is 0 Å². The third kappa shape index (κ3) is 5.91. The second-order valence-electron chi connectivity index (χ2n) is 11.1. The van der Waals surface area contributed by atoms with Crippen molar-refractivity contribution in [2.24, 2.45) is 5.92 Å². The number of ether oxygens (including phenoxy) is 2. The van der Waals surface area contributed by atoms with Crippen molar-refractivity contribution in [2.45, 2.75) is 103 Å². The van der Waals surface area contributed by atoms with Gasteiger partial charge >= 0.3 is 11.9 Å². The zero-order valence-electron chi connectivity index (χ0n) is 21.8. The Hall–Kier alpha value is -2.14. The third-order valence-corrected chi connectivity index (χ3v) is 7.26. The van der Waals surface area contributed by atoms with Gasteiger partial charge in [0.25, 0.3) is 0 Å². The first-order valence-electron chi connectivity index (χ1n) is 13.0. The Balaban J connectivity index is 1.83. The van der Waals surface area contributed by atoms with E-state index in [2.05, 4.69) is 53.7 Å². The van der Waals surface area contributed by atoms with Crippen LogP contribution in [0.3, 0.4) is 0 Å². The summed E-state index contributed by atoms with van der Waals surface area (Å²) in [5.74, 6) is 0.221. The number of cyclic esters (lactones) is 1. The molecule has 1 saturated carbocycles. The molecule has 1 aliphatic heterocycles. The Kier molecular flexibility index (Phi) is 8.62. The third-order valence-electron chi connectivity index (χ3n) is 7.26. The molecule has 1 aromatic rings. The molecule has 188 valence electrons. The molecule has 34 heavy (non-hydrogen) atoms. The van der Waals surface area contributed by atoms with E-state index in [0.29, 0.717) is 23.0 Å². The highest BCUT2D eigenvalue weighted by Crippen LogP contribution is 2.36. The molecular formula is C29H42O5. The Bertz CT molecular complexity index is 891. The fourth-order valence-corrected chi connectivity index (χ4v) is 5.10. The minimum absolute atomic E-state index is 0.153. The average molecular weight is 471 g/mol. The molecule has 0 aromatic heterocycles. The van der Waals surface area contributed by atoms with E-state index in [9.17, 15) is 14.7 Å². The summed E-state index contributed by atoms with van der Waals surface area (Å²) in [5, 5.41) is 10.1. The summed E-state index contributed by atoms with van der Waals surface area (Å²) in [7, 11) is 0. The van der Waals surface area contributed by atoms with E-state index in [1.54, 1.807) is 0 Å². The van der Waals surface area contributed by atoms with Crippen LogP contribution in [-0.2, 0) is 14.3 Å². The predicted molar refractivity (Wildman–Crippen MR) is 134 cm³/mol. The standard InChI is InChI=1S/C29H42O5/c1-18(2)22-13-24(19(3)4)26(25(14-22)20(5)6)28(32)33-17-29(16-30)15-23(27(31)34-29)12-21-10-8-7-9-11-21/h12-14,18-21,30H,7-11,15-17H2,1-6H3/b23-12+. The lowest BCUT2D eigenvalue weighted by Gasteiger charge is -2.26. The van der Waals surface area contributed by atoms with E-state index in [1.807, 2.05) is 6.08 Å². The quantitative estimate of drug-likeness (QED) is 0.352. The summed E-state index contributed by atoms with van der Waals surface area (Å²) < 4.78 is 11.4. The molecule has 2 aliphatic rings.